The molecule has 1 aromatic carbocycles. The van der Waals surface area contributed by atoms with E-state index in [1.165, 1.54) is 4.90 Å². The molecule has 0 fully saturated rings. The maximum absolute atomic E-state index is 12.3. The minimum Gasteiger partial charge on any atom is -1.00 e. The molecular weight excluding hydrogens is 341 g/mol. The number of halogens is 1. The van der Waals surface area contributed by atoms with Gasteiger partial charge in [-0.3, -0.25) is 4.79 Å². The van der Waals surface area contributed by atoms with Crippen LogP contribution < -0.4 is 29.6 Å². The Balaban J connectivity index is 0. The Kier molecular flexibility index (Phi) is 9.36. The summed E-state index contributed by atoms with van der Waals surface area (Å²) in [6, 6.07) is 6.42. The second-order valence-corrected chi connectivity index (χ2v) is 7.11. The minimum absolute atomic E-state index is 0. The quantitative estimate of drug-likeness (QED) is 0.798. The maximum Gasteiger partial charge on any atom is 1.00 e. The normalized spacial score (nSPS) is 12.3. The molecule has 0 aliphatic heterocycles. The number of aliphatic carboxylic acids is 1. The fourth-order valence-electron chi connectivity index (χ4n) is 2.03. The molecule has 0 heterocycles. The molecule has 1 atom stereocenters. The zero-order valence-electron chi connectivity index (χ0n) is 16.2. The van der Waals surface area contributed by atoms with Crippen molar-refractivity contribution in [2.45, 2.75) is 52.2 Å². The van der Waals surface area contributed by atoms with Gasteiger partial charge in [0.15, 0.2) is 0 Å². The first kappa shape index (κ1) is 23.2. The van der Waals surface area contributed by atoms with E-state index in [0.717, 1.165) is 0 Å². The van der Waals surface area contributed by atoms with Gasteiger partial charge in [-0.15, -0.1) is 0 Å². The van der Waals surface area contributed by atoms with E-state index in [0.29, 0.717) is 10.6 Å². The van der Waals surface area contributed by atoms with Gasteiger partial charge in [0.2, 0.25) is 0 Å². The van der Waals surface area contributed by atoms with Crippen molar-refractivity contribution in [2.24, 2.45) is 0 Å². The number of carboxylic acid groups (broad SMARTS) is 1. The summed E-state index contributed by atoms with van der Waals surface area (Å²) in [6.45, 7) is 9.00. The number of hydrogen-bond donors (Lipinski definition) is 1. The molecule has 7 heteroatoms. The summed E-state index contributed by atoms with van der Waals surface area (Å²) in [5.41, 5.74) is -0.0421. The van der Waals surface area contributed by atoms with Crippen molar-refractivity contribution in [3.63, 3.8) is 0 Å². The molecule has 0 aliphatic carbocycles. The number of carbonyl (C=O) groups is 2. The van der Waals surface area contributed by atoms with E-state index in [2.05, 4.69) is 0 Å². The van der Waals surface area contributed by atoms with Gasteiger partial charge < -0.3 is 16.2 Å². The van der Waals surface area contributed by atoms with Gasteiger partial charge in [-0.2, -0.15) is 0 Å². The molecule has 130 valence electrons. The minimum atomic E-state index is -0.999. The van der Waals surface area contributed by atoms with Crippen LogP contribution in [0.1, 0.15) is 47.5 Å². The number of carboxylic acids is 1. The molecule has 0 saturated carbocycles. The Labute approximate surface area is 172 Å². The molecule has 1 unspecified atom stereocenters. The topological polar surface area (TPSA) is 66.8 Å². The standard InChI is InChI=1S/C17H24ClNO4.Na.H/c1-11(2)19(16(22)23-17(3,4)5)10-14(15(20)21)12-6-8-13(18)9-7-12;;/h6-9,11,14H,10H2,1-5H3,(H,20,21);;/q;+1;-1. The molecule has 0 radical (unpaired) electrons. The summed E-state index contributed by atoms with van der Waals surface area (Å²) in [5.74, 6) is -1.84. The SMILES string of the molecule is CC(C)N(CC(C(=O)O)c1ccc(Cl)cc1)C(=O)OC(C)(C)C.[H-].[Na+]. The fraction of sp³-hybridized carbons (Fsp3) is 0.529. The molecule has 1 aromatic rings. The number of benzene rings is 1. The van der Waals surface area contributed by atoms with Crippen molar-refractivity contribution >= 4 is 23.7 Å². The van der Waals surface area contributed by atoms with Crippen LogP contribution >= 0.6 is 11.6 Å². The monoisotopic (exact) mass is 365 g/mol. The number of carbonyl (C=O) groups excluding carboxylic acids is 1. The molecule has 0 aromatic heterocycles. The van der Waals surface area contributed by atoms with E-state index in [9.17, 15) is 14.7 Å². The molecule has 1 amide bonds. The van der Waals surface area contributed by atoms with Crippen LogP contribution in [-0.4, -0.2) is 40.3 Å². The molecule has 0 saturated heterocycles. The van der Waals surface area contributed by atoms with Crippen LogP contribution in [0.15, 0.2) is 24.3 Å². The number of amides is 1. The number of ether oxygens (including phenoxy) is 1. The first-order valence-electron chi connectivity index (χ1n) is 7.49. The van der Waals surface area contributed by atoms with Crippen LogP contribution in [0, 0.1) is 0 Å². The summed E-state index contributed by atoms with van der Waals surface area (Å²) in [6.07, 6.45) is -0.521. The molecule has 5 nitrogen and oxygen atoms in total. The van der Waals surface area contributed by atoms with E-state index in [4.69, 9.17) is 16.3 Å². The Morgan fingerprint density at radius 3 is 2.12 bits per heavy atom. The van der Waals surface area contributed by atoms with Crippen LogP contribution in [0.2, 0.25) is 5.02 Å². The molecule has 1 rings (SSSR count). The first-order valence-corrected chi connectivity index (χ1v) is 7.87. The third kappa shape index (κ3) is 7.43. The van der Waals surface area contributed by atoms with E-state index in [1.54, 1.807) is 45.0 Å². The van der Waals surface area contributed by atoms with Crippen molar-refractivity contribution in [1.29, 1.82) is 0 Å². The van der Waals surface area contributed by atoms with Crippen molar-refractivity contribution < 1.29 is 50.4 Å². The van der Waals surface area contributed by atoms with Gasteiger partial charge >= 0.3 is 41.6 Å². The van der Waals surface area contributed by atoms with Crippen molar-refractivity contribution in [3.8, 4) is 0 Å². The molecule has 0 aliphatic rings. The molecule has 0 bridgehead atoms. The largest absolute Gasteiger partial charge is 1.00 e. The van der Waals surface area contributed by atoms with Gasteiger partial charge in [0.05, 0.1) is 5.92 Å². The van der Waals surface area contributed by atoms with Crippen molar-refractivity contribution in [3.05, 3.63) is 34.9 Å². The molecule has 0 spiro atoms. The van der Waals surface area contributed by atoms with Gasteiger partial charge in [-0.05, 0) is 52.3 Å². The summed E-state index contributed by atoms with van der Waals surface area (Å²) in [5, 5.41) is 10.1. The van der Waals surface area contributed by atoms with E-state index in [-0.39, 0.29) is 43.6 Å². The average molecular weight is 366 g/mol. The zero-order chi connectivity index (χ0) is 17.8. The second-order valence-electron chi connectivity index (χ2n) is 6.67. The second kappa shape index (κ2) is 9.66. The van der Waals surface area contributed by atoms with Crippen LogP contribution in [0.4, 0.5) is 4.79 Å². The van der Waals surface area contributed by atoms with Gasteiger partial charge in [0.25, 0.3) is 0 Å². The Morgan fingerprint density at radius 2 is 1.75 bits per heavy atom. The fourth-order valence-corrected chi connectivity index (χ4v) is 2.16. The number of hydrogen-bond acceptors (Lipinski definition) is 3. The van der Waals surface area contributed by atoms with Crippen molar-refractivity contribution in [1.82, 2.24) is 4.90 Å². The van der Waals surface area contributed by atoms with Gasteiger partial charge in [-0.1, -0.05) is 23.7 Å². The van der Waals surface area contributed by atoms with Crippen molar-refractivity contribution in [2.75, 3.05) is 6.54 Å². The third-order valence-corrected chi connectivity index (χ3v) is 3.45. The maximum atomic E-state index is 12.3. The van der Waals surface area contributed by atoms with Gasteiger partial charge in [0, 0.05) is 17.6 Å². The first-order chi connectivity index (χ1) is 10.5. The Morgan fingerprint density at radius 1 is 1.25 bits per heavy atom. The van der Waals surface area contributed by atoms with Gasteiger partial charge in [-0.25, -0.2) is 4.79 Å². The Hall–Kier alpha value is -0.750. The smallest absolute Gasteiger partial charge is 1.00 e. The third-order valence-electron chi connectivity index (χ3n) is 3.20. The average Bonchev–Trinajstić information content (AvgIpc) is 2.38. The summed E-state index contributed by atoms with van der Waals surface area (Å²) < 4.78 is 5.37. The van der Waals surface area contributed by atoms with E-state index >= 15 is 0 Å². The number of rotatable bonds is 5. The van der Waals surface area contributed by atoms with E-state index in [1.807, 2.05) is 13.8 Å². The zero-order valence-corrected chi connectivity index (χ0v) is 17.9. The summed E-state index contributed by atoms with van der Waals surface area (Å²) >= 11 is 5.84. The van der Waals surface area contributed by atoms with Crippen LogP contribution in [0.3, 0.4) is 0 Å². The van der Waals surface area contributed by atoms with Gasteiger partial charge in [0.1, 0.15) is 5.60 Å². The molecular formula is C17H25ClNNaO4. The Bertz CT molecular complexity index is 561. The van der Waals surface area contributed by atoms with Crippen LogP contribution in [0.5, 0.6) is 0 Å². The van der Waals surface area contributed by atoms with E-state index < -0.39 is 23.6 Å². The summed E-state index contributed by atoms with van der Waals surface area (Å²) in [7, 11) is 0. The predicted octanol–water partition coefficient (Wildman–Crippen LogP) is 1.27. The molecule has 1 N–H and O–H groups in total. The molecule has 24 heavy (non-hydrogen) atoms. The summed E-state index contributed by atoms with van der Waals surface area (Å²) in [4.78, 5) is 25.4. The van der Waals surface area contributed by atoms with Crippen LogP contribution in [-0.2, 0) is 9.53 Å². The predicted molar refractivity (Wildman–Crippen MR) is 91.0 cm³/mol. The number of nitrogens with zero attached hydrogens (tertiary/aromatic N) is 1. The van der Waals surface area contributed by atoms with Crippen LogP contribution in [0.25, 0.3) is 0 Å².